The summed E-state index contributed by atoms with van der Waals surface area (Å²) in [7, 11) is 0. The van der Waals surface area contributed by atoms with Gasteiger partial charge >= 0.3 is 5.97 Å². The van der Waals surface area contributed by atoms with E-state index in [2.05, 4.69) is 34.7 Å². The highest BCUT2D eigenvalue weighted by molar-refractivity contribution is 5.97. The predicted molar refractivity (Wildman–Crippen MR) is 144 cm³/mol. The molecule has 1 heterocycles. The Morgan fingerprint density at radius 2 is 1.68 bits per heavy atom. The molecule has 0 aliphatic carbocycles. The Balaban J connectivity index is 1.69. The minimum atomic E-state index is -1.40. The number of aromatic nitrogens is 2. The number of aliphatic hydroxyl groups excluding tert-OH is 1. The fourth-order valence-corrected chi connectivity index (χ4v) is 3.93. The van der Waals surface area contributed by atoms with Crippen molar-refractivity contribution in [3.63, 3.8) is 0 Å². The van der Waals surface area contributed by atoms with Gasteiger partial charge in [0.15, 0.2) is 11.8 Å². The van der Waals surface area contributed by atoms with Crippen LogP contribution in [0.25, 0.3) is 11.1 Å². The van der Waals surface area contributed by atoms with E-state index in [-0.39, 0.29) is 30.3 Å². The molecule has 0 saturated heterocycles. The van der Waals surface area contributed by atoms with Crippen LogP contribution >= 0.6 is 0 Å². The molecule has 0 fully saturated rings. The van der Waals surface area contributed by atoms with E-state index in [1.807, 2.05) is 54.6 Å². The molecule has 0 unspecified atom stereocenters. The molecule has 2 aromatic carbocycles. The van der Waals surface area contributed by atoms with E-state index in [0.29, 0.717) is 18.9 Å². The summed E-state index contributed by atoms with van der Waals surface area (Å²) >= 11 is 0. The Bertz CT molecular complexity index is 1190. The molecule has 2 amide bonds. The maximum atomic E-state index is 13.0. The summed E-state index contributed by atoms with van der Waals surface area (Å²) < 4.78 is 4.92. The van der Waals surface area contributed by atoms with Crippen LogP contribution in [0.5, 0.6) is 0 Å². The van der Waals surface area contributed by atoms with Crippen LogP contribution in [-0.4, -0.2) is 58.4 Å². The topological polar surface area (TPSA) is 133 Å². The lowest BCUT2D eigenvalue weighted by Crippen LogP contribution is -2.41. The number of ether oxygens (including phenoxy) is 1. The number of aromatic amines is 1. The lowest BCUT2D eigenvalue weighted by Gasteiger charge is -2.21. The minimum Gasteiger partial charge on any atom is -0.464 e. The molecule has 0 aliphatic rings. The van der Waals surface area contributed by atoms with Crippen molar-refractivity contribution in [1.29, 1.82) is 0 Å². The van der Waals surface area contributed by atoms with Crippen molar-refractivity contribution in [2.75, 3.05) is 13.2 Å². The lowest BCUT2D eigenvalue weighted by atomic mass is 9.97. The SMILES string of the molecule is CCOC(=O)[C@H](O)C[C@@H](Cc1ccc(-c2ccccc2)cc1)NC(=O)c1cc(C(=O)NCCC(C)C)n[nH]1. The van der Waals surface area contributed by atoms with E-state index in [1.54, 1.807) is 6.92 Å². The second-order valence-corrected chi connectivity index (χ2v) is 9.55. The summed E-state index contributed by atoms with van der Waals surface area (Å²) in [5.74, 6) is -1.16. The lowest BCUT2D eigenvalue weighted by molar-refractivity contribution is -0.153. The van der Waals surface area contributed by atoms with Gasteiger partial charge in [-0.05, 0) is 42.4 Å². The molecule has 38 heavy (non-hydrogen) atoms. The first-order valence-corrected chi connectivity index (χ1v) is 12.9. The standard InChI is InChI=1S/C29H36N4O5/c1-4-38-29(37)26(34)17-23(16-20-10-12-22(13-11-20)21-8-6-5-7-9-21)31-28(36)25-18-24(32-33-25)27(35)30-15-14-19(2)3/h5-13,18-19,23,26,34H,4,14-17H2,1-3H3,(H,30,35)(H,31,36)(H,32,33)/t23-,26-/m1/s1. The number of carbonyl (C=O) groups excluding carboxylic acids is 3. The molecule has 3 aromatic rings. The van der Waals surface area contributed by atoms with E-state index < -0.39 is 24.0 Å². The molecule has 9 heteroatoms. The quantitative estimate of drug-likeness (QED) is 0.255. The number of esters is 1. The minimum absolute atomic E-state index is 0.0400. The van der Waals surface area contributed by atoms with Gasteiger partial charge in [-0.2, -0.15) is 5.10 Å². The smallest absolute Gasteiger partial charge is 0.335 e. The molecule has 4 N–H and O–H groups in total. The van der Waals surface area contributed by atoms with Gasteiger partial charge in [0.1, 0.15) is 5.69 Å². The highest BCUT2D eigenvalue weighted by atomic mass is 16.5. The normalized spacial score (nSPS) is 12.6. The number of hydrogen-bond acceptors (Lipinski definition) is 6. The van der Waals surface area contributed by atoms with E-state index in [9.17, 15) is 19.5 Å². The number of H-pyrrole nitrogens is 1. The average molecular weight is 521 g/mol. The number of hydrogen-bond donors (Lipinski definition) is 4. The third-order valence-corrected chi connectivity index (χ3v) is 6.01. The molecule has 3 rings (SSSR count). The Kier molecular flexibility index (Phi) is 10.6. The number of rotatable bonds is 13. The molecular weight excluding hydrogens is 484 g/mol. The van der Waals surface area contributed by atoms with Crippen molar-refractivity contribution in [2.24, 2.45) is 5.92 Å². The predicted octanol–water partition coefficient (Wildman–Crippen LogP) is 3.51. The van der Waals surface area contributed by atoms with Crippen molar-refractivity contribution in [1.82, 2.24) is 20.8 Å². The number of benzene rings is 2. The molecule has 0 aliphatic heterocycles. The average Bonchev–Trinajstić information content (AvgIpc) is 3.40. The molecule has 2 atom stereocenters. The highest BCUT2D eigenvalue weighted by Gasteiger charge is 2.25. The third-order valence-electron chi connectivity index (χ3n) is 6.01. The van der Waals surface area contributed by atoms with E-state index in [4.69, 9.17) is 4.74 Å². The van der Waals surface area contributed by atoms with Crippen LogP contribution in [-0.2, 0) is 16.0 Å². The van der Waals surface area contributed by atoms with Crippen LogP contribution in [0.3, 0.4) is 0 Å². The number of carbonyl (C=O) groups is 3. The van der Waals surface area contributed by atoms with E-state index >= 15 is 0 Å². The van der Waals surface area contributed by atoms with Crippen LogP contribution in [0.4, 0.5) is 0 Å². The van der Waals surface area contributed by atoms with E-state index in [0.717, 1.165) is 23.1 Å². The fraction of sp³-hybridized carbons (Fsp3) is 0.379. The van der Waals surface area contributed by atoms with Gasteiger partial charge in [-0.15, -0.1) is 0 Å². The van der Waals surface area contributed by atoms with Gasteiger partial charge in [0.25, 0.3) is 11.8 Å². The molecule has 0 spiro atoms. The summed E-state index contributed by atoms with van der Waals surface area (Å²) in [6, 6.07) is 18.6. The van der Waals surface area contributed by atoms with Gasteiger partial charge in [-0.3, -0.25) is 14.7 Å². The third kappa shape index (κ3) is 8.55. The summed E-state index contributed by atoms with van der Waals surface area (Å²) in [5, 5.41) is 22.6. The van der Waals surface area contributed by atoms with Crippen LogP contribution < -0.4 is 10.6 Å². The molecule has 0 saturated carbocycles. The summed E-state index contributed by atoms with van der Waals surface area (Å²) in [6.07, 6.45) is -0.233. The summed E-state index contributed by atoms with van der Waals surface area (Å²) in [6.45, 7) is 6.45. The highest BCUT2D eigenvalue weighted by Crippen LogP contribution is 2.20. The zero-order valence-electron chi connectivity index (χ0n) is 22.1. The van der Waals surface area contributed by atoms with Gasteiger partial charge in [0.05, 0.1) is 6.61 Å². The summed E-state index contributed by atoms with van der Waals surface area (Å²) in [5.41, 5.74) is 3.27. The fourth-order valence-electron chi connectivity index (χ4n) is 3.93. The van der Waals surface area contributed by atoms with Crippen molar-refractivity contribution in [3.05, 3.63) is 77.6 Å². The van der Waals surface area contributed by atoms with Crippen LogP contribution in [0.2, 0.25) is 0 Å². The number of aliphatic hydroxyl groups is 1. The van der Waals surface area contributed by atoms with Gasteiger partial charge in [-0.25, -0.2) is 4.79 Å². The monoisotopic (exact) mass is 520 g/mol. The van der Waals surface area contributed by atoms with Gasteiger partial charge in [-0.1, -0.05) is 68.4 Å². The van der Waals surface area contributed by atoms with Crippen LogP contribution in [0.1, 0.15) is 60.2 Å². The van der Waals surface area contributed by atoms with E-state index in [1.165, 1.54) is 6.07 Å². The van der Waals surface area contributed by atoms with Crippen molar-refractivity contribution in [2.45, 2.75) is 52.2 Å². The Morgan fingerprint density at radius 1 is 1.00 bits per heavy atom. The Labute approximate surface area is 223 Å². The number of nitrogens with zero attached hydrogens (tertiary/aromatic N) is 1. The molecule has 202 valence electrons. The maximum Gasteiger partial charge on any atom is 0.335 e. The largest absolute Gasteiger partial charge is 0.464 e. The second kappa shape index (κ2) is 14.1. The molecular formula is C29H36N4O5. The van der Waals surface area contributed by atoms with Crippen LogP contribution in [0, 0.1) is 5.92 Å². The van der Waals surface area contributed by atoms with Crippen LogP contribution in [0.15, 0.2) is 60.7 Å². The van der Waals surface area contributed by atoms with Crippen molar-refractivity contribution < 1.29 is 24.2 Å². The Morgan fingerprint density at radius 3 is 2.34 bits per heavy atom. The molecule has 0 bridgehead atoms. The first-order valence-electron chi connectivity index (χ1n) is 12.9. The molecule has 1 aromatic heterocycles. The second-order valence-electron chi connectivity index (χ2n) is 9.55. The first kappa shape index (κ1) is 28.6. The zero-order valence-corrected chi connectivity index (χ0v) is 22.1. The van der Waals surface area contributed by atoms with Gasteiger partial charge in [0.2, 0.25) is 0 Å². The van der Waals surface area contributed by atoms with Crippen molar-refractivity contribution >= 4 is 17.8 Å². The first-order chi connectivity index (χ1) is 18.3. The zero-order chi connectivity index (χ0) is 27.5. The summed E-state index contributed by atoms with van der Waals surface area (Å²) in [4.78, 5) is 37.4. The molecule has 9 nitrogen and oxygen atoms in total. The molecule has 0 radical (unpaired) electrons. The maximum absolute atomic E-state index is 13.0. The Hall–Kier alpha value is -3.98. The number of amides is 2. The van der Waals surface area contributed by atoms with Crippen molar-refractivity contribution in [3.8, 4) is 11.1 Å². The van der Waals surface area contributed by atoms with Gasteiger partial charge in [0, 0.05) is 25.1 Å². The number of nitrogens with one attached hydrogen (secondary N) is 3. The van der Waals surface area contributed by atoms with Gasteiger partial charge < -0.3 is 20.5 Å².